The summed E-state index contributed by atoms with van der Waals surface area (Å²) in [4.78, 5) is 4.39. The number of rotatable bonds is 5. The standard InChI is InChI=1S/C12H16ClN3O/c13-7-9(17)8-16-11-4-2-1-3-10(11)12-14-5-6-15-12/h1-4,9,16-17H,5-8H2,(H,14,15). The van der Waals surface area contributed by atoms with Crippen LogP contribution in [0.25, 0.3) is 0 Å². The van der Waals surface area contributed by atoms with Crippen LogP contribution < -0.4 is 10.6 Å². The number of nitrogens with zero attached hydrogens (tertiary/aromatic N) is 1. The van der Waals surface area contributed by atoms with E-state index in [0.717, 1.165) is 30.2 Å². The van der Waals surface area contributed by atoms with Crippen LogP contribution in [0.1, 0.15) is 5.56 Å². The van der Waals surface area contributed by atoms with Crippen LogP contribution in [0.5, 0.6) is 0 Å². The van der Waals surface area contributed by atoms with Gasteiger partial charge in [0.1, 0.15) is 5.84 Å². The van der Waals surface area contributed by atoms with E-state index in [2.05, 4.69) is 15.6 Å². The van der Waals surface area contributed by atoms with E-state index >= 15 is 0 Å². The topological polar surface area (TPSA) is 56.6 Å². The summed E-state index contributed by atoms with van der Waals surface area (Å²) < 4.78 is 0. The largest absolute Gasteiger partial charge is 0.390 e. The summed E-state index contributed by atoms with van der Waals surface area (Å²) in [5, 5.41) is 15.9. The molecule has 0 fully saturated rings. The summed E-state index contributed by atoms with van der Waals surface area (Å²) in [5.41, 5.74) is 2.00. The number of benzene rings is 1. The molecule has 2 rings (SSSR count). The molecule has 0 aromatic heterocycles. The predicted molar refractivity (Wildman–Crippen MR) is 71.1 cm³/mol. The summed E-state index contributed by atoms with van der Waals surface area (Å²) in [6.45, 7) is 2.13. The first-order valence-corrected chi connectivity index (χ1v) is 6.20. The van der Waals surface area contributed by atoms with E-state index in [4.69, 9.17) is 11.6 Å². The maximum atomic E-state index is 9.44. The number of anilines is 1. The van der Waals surface area contributed by atoms with Crippen LogP contribution in [0.2, 0.25) is 0 Å². The van der Waals surface area contributed by atoms with Crippen molar-refractivity contribution in [2.24, 2.45) is 4.99 Å². The molecular weight excluding hydrogens is 238 g/mol. The second-order valence-corrected chi connectivity index (χ2v) is 4.20. The van der Waals surface area contributed by atoms with Crippen LogP contribution in [-0.2, 0) is 0 Å². The van der Waals surface area contributed by atoms with Crippen LogP contribution in [-0.4, -0.2) is 42.6 Å². The van der Waals surface area contributed by atoms with E-state index in [9.17, 15) is 5.11 Å². The number of hydrogen-bond acceptors (Lipinski definition) is 4. The zero-order chi connectivity index (χ0) is 12.1. The lowest BCUT2D eigenvalue weighted by atomic mass is 10.1. The lowest BCUT2D eigenvalue weighted by molar-refractivity contribution is 0.211. The zero-order valence-corrected chi connectivity index (χ0v) is 10.2. The molecule has 1 heterocycles. The number of aliphatic hydroxyl groups excluding tert-OH is 1. The van der Waals surface area contributed by atoms with Gasteiger partial charge < -0.3 is 15.7 Å². The smallest absolute Gasteiger partial charge is 0.130 e. The molecule has 5 heteroatoms. The lowest BCUT2D eigenvalue weighted by Crippen LogP contribution is -2.24. The molecule has 1 unspecified atom stereocenters. The molecule has 1 aliphatic heterocycles. The number of halogens is 1. The molecule has 1 atom stereocenters. The molecule has 17 heavy (non-hydrogen) atoms. The third kappa shape index (κ3) is 3.11. The third-order valence-corrected chi connectivity index (χ3v) is 2.92. The van der Waals surface area contributed by atoms with E-state index in [1.807, 2.05) is 24.3 Å². The minimum absolute atomic E-state index is 0.231. The van der Waals surface area contributed by atoms with Gasteiger partial charge in [0, 0.05) is 24.3 Å². The molecule has 0 saturated heterocycles. The minimum atomic E-state index is -0.539. The highest BCUT2D eigenvalue weighted by Gasteiger charge is 2.12. The molecular formula is C12H16ClN3O. The SMILES string of the molecule is OC(CCl)CNc1ccccc1C1=NCCN1. The van der Waals surface area contributed by atoms with Crippen molar-refractivity contribution in [3.05, 3.63) is 29.8 Å². The van der Waals surface area contributed by atoms with E-state index in [1.165, 1.54) is 0 Å². The third-order valence-electron chi connectivity index (χ3n) is 2.56. The van der Waals surface area contributed by atoms with E-state index in [-0.39, 0.29) is 5.88 Å². The highest BCUT2D eigenvalue weighted by molar-refractivity contribution is 6.18. The van der Waals surface area contributed by atoms with Gasteiger partial charge >= 0.3 is 0 Å². The first-order valence-electron chi connectivity index (χ1n) is 5.67. The van der Waals surface area contributed by atoms with E-state index in [0.29, 0.717) is 6.54 Å². The number of aliphatic hydroxyl groups is 1. The van der Waals surface area contributed by atoms with Gasteiger partial charge in [0.2, 0.25) is 0 Å². The van der Waals surface area contributed by atoms with Gasteiger partial charge in [0.05, 0.1) is 18.5 Å². The minimum Gasteiger partial charge on any atom is -0.390 e. The lowest BCUT2D eigenvalue weighted by Gasteiger charge is -2.14. The number of amidine groups is 1. The van der Waals surface area contributed by atoms with E-state index < -0.39 is 6.10 Å². The van der Waals surface area contributed by atoms with Crippen LogP contribution in [0.15, 0.2) is 29.3 Å². The molecule has 3 N–H and O–H groups in total. The van der Waals surface area contributed by atoms with E-state index in [1.54, 1.807) is 0 Å². The number of hydrogen-bond donors (Lipinski definition) is 3. The monoisotopic (exact) mass is 253 g/mol. The van der Waals surface area contributed by atoms with Crippen molar-refractivity contribution in [2.45, 2.75) is 6.10 Å². The fraction of sp³-hybridized carbons (Fsp3) is 0.417. The highest BCUT2D eigenvalue weighted by Crippen LogP contribution is 2.16. The molecule has 0 saturated carbocycles. The Balaban J connectivity index is 2.10. The van der Waals surface area contributed by atoms with Gasteiger partial charge in [0.25, 0.3) is 0 Å². The fourth-order valence-corrected chi connectivity index (χ4v) is 1.81. The van der Waals surface area contributed by atoms with Crippen molar-refractivity contribution in [3.63, 3.8) is 0 Å². The quantitative estimate of drug-likeness (QED) is 0.688. The van der Waals surface area contributed by atoms with Gasteiger partial charge in [-0.15, -0.1) is 11.6 Å². The Morgan fingerprint density at radius 3 is 3.00 bits per heavy atom. The molecule has 1 aromatic rings. The molecule has 0 amide bonds. The number of nitrogens with one attached hydrogen (secondary N) is 2. The van der Waals surface area contributed by atoms with Crippen LogP contribution in [0, 0.1) is 0 Å². The van der Waals surface area contributed by atoms with Gasteiger partial charge in [-0.2, -0.15) is 0 Å². The fourth-order valence-electron chi connectivity index (χ4n) is 1.70. The normalized spacial score (nSPS) is 16.2. The van der Waals surface area contributed by atoms with Gasteiger partial charge in [-0.1, -0.05) is 12.1 Å². The van der Waals surface area contributed by atoms with Crippen LogP contribution >= 0.6 is 11.6 Å². The molecule has 1 aromatic carbocycles. The predicted octanol–water partition coefficient (Wildman–Crippen LogP) is 1.05. The molecule has 0 bridgehead atoms. The summed E-state index contributed by atoms with van der Waals surface area (Å²) in [7, 11) is 0. The second-order valence-electron chi connectivity index (χ2n) is 3.89. The Hall–Kier alpha value is -1.26. The number of aliphatic imine (C=N–C) groups is 1. The summed E-state index contributed by atoms with van der Waals surface area (Å²) in [5.74, 6) is 1.14. The number of para-hydroxylation sites is 1. The molecule has 92 valence electrons. The Morgan fingerprint density at radius 1 is 1.47 bits per heavy atom. The molecule has 0 radical (unpaired) electrons. The van der Waals surface area contributed by atoms with Crippen LogP contribution in [0.3, 0.4) is 0 Å². The zero-order valence-electron chi connectivity index (χ0n) is 9.49. The summed E-state index contributed by atoms with van der Waals surface area (Å²) in [6, 6.07) is 7.90. The van der Waals surface area contributed by atoms with Crippen molar-refractivity contribution in [2.75, 3.05) is 30.8 Å². The average Bonchev–Trinajstić information content (AvgIpc) is 2.90. The average molecular weight is 254 g/mol. The Morgan fingerprint density at radius 2 is 2.29 bits per heavy atom. The maximum absolute atomic E-state index is 9.44. The van der Waals surface area contributed by atoms with Crippen molar-refractivity contribution in [3.8, 4) is 0 Å². The number of alkyl halides is 1. The molecule has 0 spiro atoms. The summed E-state index contributed by atoms with van der Waals surface area (Å²) >= 11 is 5.56. The molecule has 4 nitrogen and oxygen atoms in total. The van der Waals surface area contributed by atoms with Gasteiger partial charge in [-0.25, -0.2) is 0 Å². The first kappa shape index (κ1) is 12.2. The van der Waals surface area contributed by atoms with Crippen molar-refractivity contribution < 1.29 is 5.11 Å². The molecule has 1 aliphatic rings. The second kappa shape index (κ2) is 5.89. The Labute approximate surface area is 106 Å². The van der Waals surface area contributed by atoms with Crippen molar-refractivity contribution >= 4 is 23.1 Å². The highest BCUT2D eigenvalue weighted by atomic mass is 35.5. The first-order chi connectivity index (χ1) is 8.31. The van der Waals surface area contributed by atoms with Crippen molar-refractivity contribution in [1.29, 1.82) is 0 Å². The maximum Gasteiger partial charge on any atom is 0.130 e. The molecule has 0 aliphatic carbocycles. The Bertz CT molecular complexity index is 408. The van der Waals surface area contributed by atoms with Crippen LogP contribution in [0.4, 0.5) is 5.69 Å². The van der Waals surface area contributed by atoms with Gasteiger partial charge in [-0.05, 0) is 12.1 Å². The Kier molecular flexibility index (Phi) is 4.23. The van der Waals surface area contributed by atoms with Crippen molar-refractivity contribution in [1.82, 2.24) is 5.32 Å². The van der Waals surface area contributed by atoms with Gasteiger partial charge in [0.15, 0.2) is 0 Å². The van der Waals surface area contributed by atoms with Gasteiger partial charge in [-0.3, -0.25) is 4.99 Å². The summed E-state index contributed by atoms with van der Waals surface area (Å²) in [6.07, 6.45) is -0.539.